The predicted octanol–water partition coefficient (Wildman–Crippen LogP) is 2.33. The quantitative estimate of drug-likeness (QED) is 0.807. The van der Waals surface area contributed by atoms with E-state index in [4.69, 9.17) is 5.73 Å². The fraction of sp³-hybridized carbons (Fsp3) is 0.538. The van der Waals surface area contributed by atoms with E-state index in [0.29, 0.717) is 24.7 Å². The highest BCUT2D eigenvalue weighted by Crippen LogP contribution is 2.19. The number of nitrogens with two attached hydrogens (primary N) is 1. The fourth-order valence-electron chi connectivity index (χ4n) is 1.70. The minimum absolute atomic E-state index is 0.271. The molecule has 0 aliphatic carbocycles. The van der Waals surface area contributed by atoms with Gasteiger partial charge in [0.25, 0.3) is 0 Å². The van der Waals surface area contributed by atoms with E-state index in [1.165, 1.54) is 10.4 Å². The van der Waals surface area contributed by atoms with Crippen LogP contribution in [0.5, 0.6) is 0 Å². The van der Waals surface area contributed by atoms with E-state index in [1.54, 1.807) is 18.2 Å². The average Bonchev–Trinajstić information content (AvgIpc) is 2.35. The SMILES string of the molecule is CCC(C)CN(CC)S(=O)(=O)c1cccc(N)c1. The topological polar surface area (TPSA) is 63.4 Å². The summed E-state index contributed by atoms with van der Waals surface area (Å²) in [6.45, 7) is 6.99. The molecule has 1 rings (SSSR count). The number of nitrogen functional groups attached to an aromatic ring is 1. The maximum Gasteiger partial charge on any atom is 0.243 e. The van der Waals surface area contributed by atoms with Crippen molar-refractivity contribution in [1.29, 1.82) is 0 Å². The number of hydrogen-bond acceptors (Lipinski definition) is 3. The van der Waals surface area contributed by atoms with Gasteiger partial charge in [-0.2, -0.15) is 4.31 Å². The second-order valence-corrected chi connectivity index (χ2v) is 6.48. The van der Waals surface area contributed by atoms with Gasteiger partial charge in [-0.05, 0) is 24.1 Å². The molecule has 0 amide bonds. The van der Waals surface area contributed by atoms with Gasteiger partial charge in [0.1, 0.15) is 0 Å². The molecule has 5 heteroatoms. The molecule has 4 nitrogen and oxygen atoms in total. The molecule has 18 heavy (non-hydrogen) atoms. The normalized spacial score (nSPS) is 13.8. The van der Waals surface area contributed by atoms with E-state index < -0.39 is 10.0 Å². The van der Waals surface area contributed by atoms with Gasteiger partial charge in [0.15, 0.2) is 0 Å². The Morgan fingerprint density at radius 2 is 2.00 bits per heavy atom. The zero-order valence-corrected chi connectivity index (χ0v) is 12.1. The van der Waals surface area contributed by atoms with Crippen LogP contribution in [-0.4, -0.2) is 25.8 Å². The second-order valence-electron chi connectivity index (χ2n) is 4.54. The van der Waals surface area contributed by atoms with Crippen LogP contribution in [0.1, 0.15) is 27.2 Å². The van der Waals surface area contributed by atoms with Crippen LogP contribution in [-0.2, 0) is 10.0 Å². The monoisotopic (exact) mass is 270 g/mol. The number of benzene rings is 1. The largest absolute Gasteiger partial charge is 0.399 e. The molecule has 0 aromatic heterocycles. The van der Waals surface area contributed by atoms with Crippen LogP contribution in [0.4, 0.5) is 5.69 Å². The van der Waals surface area contributed by atoms with Crippen molar-refractivity contribution in [3.63, 3.8) is 0 Å². The van der Waals surface area contributed by atoms with E-state index in [1.807, 2.05) is 6.92 Å². The molecule has 1 atom stereocenters. The summed E-state index contributed by atoms with van der Waals surface area (Å²) in [4.78, 5) is 0.271. The van der Waals surface area contributed by atoms with E-state index in [9.17, 15) is 8.42 Å². The first-order valence-corrected chi connectivity index (χ1v) is 7.71. The van der Waals surface area contributed by atoms with E-state index in [2.05, 4.69) is 13.8 Å². The van der Waals surface area contributed by atoms with Gasteiger partial charge in [0.2, 0.25) is 10.0 Å². The zero-order valence-electron chi connectivity index (χ0n) is 11.3. The van der Waals surface area contributed by atoms with Crippen molar-refractivity contribution >= 4 is 15.7 Å². The lowest BCUT2D eigenvalue weighted by Crippen LogP contribution is -2.34. The Balaban J connectivity index is 3.03. The predicted molar refractivity (Wildman–Crippen MR) is 74.7 cm³/mol. The number of sulfonamides is 1. The molecule has 2 N–H and O–H groups in total. The number of rotatable bonds is 6. The van der Waals surface area contributed by atoms with Gasteiger partial charge in [-0.25, -0.2) is 8.42 Å². The van der Waals surface area contributed by atoms with Gasteiger partial charge >= 0.3 is 0 Å². The van der Waals surface area contributed by atoms with Gasteiger partial charge in [-0.3, -0.25) is 0 Å². The van der Waals surface area contributed by atoms with Crippen molar-refractivity contribution in [3.8, 4) is 0 Å². The summed E-state index contributed by atoms with van der Waals surface area (Å²) in [6.07, 6.45) is 0.961. The molecule has 0 aliphatic heterocycles. The molecule has 0 radical (unpaired) electrons. The molecule has 102 valence electrons. The summed E-state index contributed by atoms with van der Waals surface area (Å²) in [6, 6.07) is 6.45. The maximum absolute atomic E-state index is 12.4. The highest BCUT2D eigenvalue weighted by atomic mass is 32.2. The zero-order chi connectivity index (χ0) is 13.8. The lowest BCUT2D eigenvalue weighted by Gasteiger charge is -2.23. The van der Waals surface area contributed by atoms with Gasteiger partial charge in [0, 0.05) is 18.8 Å². The Bertz CT molecular complexity index is 486. The van der Waals surface area contributed by atoms with Crippen molar-refractivity contribution in [2.75, 3.05) is 18.8 Å². The maximum atomic E-state index is 12.4. The highest BCUT2D eigenvalue weighted by molar-refractivity contribution is 7.89. The lowest BCUT2D eigenvalue weighted by atomic mass is 10.1. The third-order valence-corrected chi connectivity index (χ3v) is 5.00. The number of anilines is 1. The first kappa shape index (κ1) is 15.0. The summed E-state index contributed by atoms with van der Waals surface area (Å²) in [5.41, 5.74) is 6.11. The second kappa shape index (κ2) is 6.20. The Morgan fingerprint density at radius 3 is 2.50 bits per heavy atom. The van der Waals surface area contributed by atoms with Crippen LogP contribution in [0, 0.1) is 5.92 Å². The molecule has 0 fully saturated rings. The Kier molecular flexibility index (Phi) is 5.16. The molecule has 0 aliphatic rings. The number of hydrogen-bond donors (Lipinski definition) is 1. The van der Waals surface area contributed by atoms with Crippen LogP contribution < -0.4 is 5.73 Å². The minimum Gasteiger partial charge on any atom is -0.399 e. The summed E-state index contributed by atoms with van der Waals surface area (Å²) in [5.74, 6) is 0.348. The molecular formula is C13H22N2O2S. The molecule has 0 saturated heterocycles. The first-order valence-electron chi connectivity index (χ1n) is 6.27. The lowest BCUT2D eigenvalue weighted by molar-refractivity contribution is 0.361. The van der Waals surface area contributed by atoms with Crippen LogP contribution >= 0.6 is 0 Å². The van der Waals surface area contributed by atoms with E-state index in [-0.39, 0.29) is 4.90 Å². The van der Waals surface area contributed by atoms with Crippen molar-refractivity contribution in [3.05, 3.63) is 24.3 Å². The molecule has 1 aromatic carbocycles. The van der Waals surface area contributed by atoms with Gasteiger partial charge in [0.05, 0.1) is 4.90 Å². The van der Waals surface area contributed by atoms with E-state index in [0.717, 1.165) is 6.42 Å². The summed E-state index contributed by atoms with van der Waals surface area (Å²) in [7, 11) is -3.43. The van der Waals surface area contributed by atoms with Crippen LogP contribution in [0.2, 0.25) is 0 Å². The Hall–Kier alpha value is -1.07. The molecular weight excluding hydrogens is 248 g/mol. The van der Waals surface area contributed by atoms with Crippen LogP contribution in [0.15, 0.2) is 29.2 Å². The summed E-state index contributed by atoms with van der Waals surface area (Å²) >= 11 is 0. The van der Waals surface area contributed by atoms with Gasteiger partial charge in [-0.15, -0.1) is 0 Å². The van der Waals surface area contributed by atoms with Crippen molar-refractivity contribution in [2.24, 2.45) is 5.92 Å². The fourth-order valence-corrected chi connectivity index (χ4v) is 3.32. The number of nitrogens with zero attached hydrogens (tertiary/aromatic N) is 1. The Labute approximate surface area is 110 Å². The molecule has 0 heterocycles. The van der Waals surface area contributed by atoms with Crippen LogP contribution in [0.3, 0.4) is 0 Å². The highest BCUT2D eigenvalue weighted by Gasteiger charge is 2.24. The van der Waals surface area contributed by atoms with Gasteiger partial charge < -0.3 is 5.73 Å². The van der Waals surface area contributed by atoms with Crippen molar-refractivity contribution < 1.29 is 8.42 Å². The van der Waals surface area contributed by atoms with Crippen molar-refractivity contribution in [1.82, 2.24) is 4.31 Å². The van der Waals surface area contributed by atoms with Crippen LogP contribution in [0.25, 0.3) is 0 Å². The third-order valence-electron chi connectivity index (χ3n) is 3.06. The van der Waals surface area contributed by atoms with E-state index >= 15 is 0 Å². The summed E-state index contributed by atoms with van der Waals surface area (Å²) < 4.78 is 26.4. The third kappa shape index (κ3) is 3.46. The minimum atomic E-state index is -3.43. The standard InChI is InChI=1S/C13H22N2O2S/c1-4-11(3)10-15(5-2)18(16,17)13-8-6-7-12(14)9-13/h6-9,11H,4-5,10,14H2,1-3H3. The molecule has 1 aromatic rings. The van der Waals surface area contributed by atoms with Gasteiger partial charge in [-0.1, -0.05) is 33.3 Å². The first-order chi connectivity index (χ1) is 8.41. The molecule has 0 bridgehead atoms. The van der Waals surface area contributed by atoms with Crippen molar-refractivity contribution in [2.45, 2.75) is 32.1 Å². The Morgan fingerprint density at radius 1 is 1.33 bits per heavy atom. The molecule has 0 spiro atoms. The summed E-state index contributed by atoms with van der Waals surface area (Å²) in [5, 5.41) is 0. The molecule has 1 unspecified atom stereocenters. The average molecular weight is 270 g/mol. The molecule has 0 saturated carbocycles. The smallest absolute Gasteiger partial charge is 0.243 e.